The first-order valence-electron chi connectivity index (χ1n) is 7.21. The fraction of sp³-hybridized carbons (Fsp3) is 0.286. The van der Waals surface area contributed by atoms with Crippen LogP contribution in [0.2, 0.25) is 0 Å². The van der Waals surface area contributed by atoms with Crippen LogP contribution in [0, 0.1) is 0 Å². The first-order valence-corrected chi connectivity index (χ1v) is 8.09. The van der Waals surface area contributed by atoms with Gasteiger partial charge in [-0.05, 0) is 11.4 Å². The smallest absolute Gasteiger partial charge is 0.268 e. The number of aromatic nitrogens is 4. The van der Waals surface area contributed by atoms with Crippen molar-refractivity contribution in [2.24, 2.45) is 0 Å². The molecule has 0 spiro atoms. The van der Waals surface area contributed by atoms with Crippen LogP contribution in [0.5, 0.6) is 0 Å². The fourth-order valence-electron chi connectivity index (χ4n) is 2.53. The molecule has 1 amide bonds. The van der Waals surface area contributed by atoms with E-state index in [4.69, 9.17) is 4.52 Å². The van der Waals surface area contributed by atoms with Crippen LogP contribution in [-0.2, 0) is 17.8 Å². The summed E-state index contributed by atoms with van der Waals surface area (Å²) in [5.74, 6) is 0.759. The lowest BCUT2D eigenvalue weighted by molar-refractivity contribution is -0.123. The van der Waals surface area contributed by atoms with Gasteiger partial charge in [-0.15, -0.1) is 11.3 Å². The molecule has 3 N–H and O–H groups in total. The number of amides is 1. The lowest BCUT2D eigenvalue weighted by atomic mass is 10.1. The summed E-state index contributed by atoms with van der Waals surface area (Å²) in [6.45, 7) is 0.948. The molecule has 3 aromatic heterocycles. The van der Waals surface area contributed by atoms with Gasteiger partial charge >= 0.3 is 0 Å². The Labute approximate surface area is 135 Å². The minimum Gasteiger partial charge on any atom is -0.348 e. The molecule has 0 aliphatic carbocycles. The zero-order valence-corrected chi connectivity index (χ0v) is 12.9. The highest BCUT2D eigenvalue weighted by Crippen LogP contribution is 2.22. The number of nitrogens with one attached hydrogen (secondary N) is 3. The molecular weight excluding hydrogens is 316 g/mol. The zero-order valence-electron chi connectivity index (χ0n) is 12.1. The topological polar surface area (TPSA) is 109 Å². The highest BCUT2D eigenvalue weighted by molar-refractivity contribution is 7.13. The second-order valence-corrected chi connectivity index (χ2v) is 6.06. The van der Waals surface area contributed by atoms with Crippen LogP contribution in [0.15, 0.2) is 28.4 Å². The second-order valence-electron chi connectivity index (χ2n) is 5.11. The van der Waals surface area contributed by atoms with Crippen molar-refractivity contribution in [1.29, 1.82) is 0 Å². The van der Waals surface area contributed by atoms with E-state index >= 15 is 0 Å². The molecule has 0 saturated heterocycles. The van der Waals surface area contributed by atoms with Gasteiger partial charge in [0, 0.05) is 18.7 Å². The lowest BCUT2D eigenvalue weighted by Gasteiger charge is -2.21. The molecule has 0 aromatic carbocycles. The van der Waals surface area contributed by atoms with Gasteiger partial charge in [0.25, 0.3) is 5.89 Å². The molecule has 1 aliphatic rings. The first-order chi connectivity index (χ1) is 11.3. The lowest BCUT2D eigenvalue weighted by Crippen LogP contribution is -2.41. The van der Waals surface area contributed by atoms with Crippen molar-refractivity contribution in [3.63, 3.8) is 0 Å². The molecular formula is C14H14N6O2S. The zero-order chi connectivity index (χ0) is 15.6. The van der Waals surface area contributed by atoms with Crippen molar-refractivity contribution in [1.82, 2.24) is 30.7 Å². The molecule has 1 atom stereocenters. The Hall–Kier alpha value is -2.52. The van der Waals surface area contributed by atoms with Crippen molar-refractivity contribution in [3.8, 4) is 10.8 Å². The number of hydrogen-bond acceptors (Lipinski definition) is 7. The Balaban J connectivity index is 1.41. The number of imidazole rings is 1. The maximum absolute atomic E-state index is 12.4. The normalized spacial score (nSPS) is 17.0. The number of nitrogens with zero attached hydrogens (tertiary/aromatic N) is 3. The number of thiophene rings is 1. The molecule has 9 heteroatoms. The van der Waals surface area contributed by atoms with Crippen molar-refractivity contribution >= 4 is 17.2 Å². The summed E-state index contributed by atoms with van der Waals surface area (Å²) in [5, 5.41) is 11.8. The Morgan fingerprint density at radius 2 is 2.48 bits per heavy atom. The summed E-state index contributed by atoms with van der Waals surface area (Å²) < 4.78 is 5.20. The van der Waals surface area contributed by atoms with E-state index in [1.54, 1.807) is 6.33 Å². The van der Waals surface area contributed by atoms with E-state index in [2.05, 4.69) is 30.7 Å². The highest BCUT2D eigenvalue weighted by atomic mass is 32.1. The van der Waals surface area contributed by atoms with Gasteiger partial charge in [0.1, 0.15) is 6.04 Å². The number of fused-ring (bicyclic) bond motifs is 1. The van der Waals surface area contributed by atoms with E-state index < -0.39 is 6.04 Å². The van der Waals surface area contributed by atoms with Gasteiger partial charge in [0.05, 0.1) is 23.4 Å². The van der Waals surface area contributed by atoms with E-state index in [0.717, 1.165) is 29.2 Å². The molecule has 1 unspecified atom stereocenters. The van der Waals surface area contributed by atoms with Crippen LogP contribution in [0.25, 0.3) is 10.8 Å². The molecule has 0 bridgehead atoms. The molecule has 8 nitrogen and oxygen atoms in total. The molecule has 3 aromatic rings. The van der Waals surface area contributed by atoms with Gasteiger partial charge in [-0.1, -0.05) is 11.2 Å². The number of H-pyrrole nitrogens is 1. The van der Waals surface area contributed by atoms with Gasteiger partial charge in [-0.25, -0.2) is 4.98 Å². The summed E-state index contributed by atoms with van der Waals surface area (Å²) in [5.41, 5.74) is 1.75. The Morgan fingerprint density at radius 1 is 1.52 bits per heavy atom. The van der Waals surface area contributed by atoms with Crippen LogP contribution in [0.4, 0.5) is 0 Å². The largest absolute Gasteiger partial charge is 0.348 e. The van der Waals surface area contributed by atoms with E-state index in [1.807, 2.05) is 17.5 Å². The summed E-state index contributed by atoms with van der Waals surface area (Å²) in [4.78, 5) is 24.8. The second kappa shape index (κ2) is 5.94. The predicted octanol–water partition coefficient (Wildman–Crippen LogP) is 1.02. The van der Waals surface area contributed by atoms with Gasteiger partial charge in [0.2, 0.25) is 5.91 Å². The monoisotopic (exact) mass is 330 g/mol. The number of hydrogen-bond donors (Lipinski definition) is 3. The summed E-state index contributed by atoms with van der Waals surface area (Å²) in [7, 11) is 0. The van der Waals surface area contributed by atoms with Crippen molar-refractivity contribution < 1.29 is 9.32 Å². The van der Waals surface area contributed by atoms with E-state index in [9.17, 15) is 4.79 Å². The Morgan fingerprint density at radius 3 is 3.35 bits per heavy atom. The number of carbonyl (C=O) groups is 1. The molecule has 0 radical (unpaired) electrons. The standard InChI is InChI=1S/C14H14N6O2S/c21-13(12-11-8(3-4-15-12)17-7-18-11)16-6-10-19-14(22-20-10)9-2-1-5-23-9/h1-2,5,7,12,15H,3-4,6H2,(H,16,21)(H,17,18). The molecule has 4 rings (SSSR count). The van der Waals surface area contributed by atoms with E-state index in [-0.39, 0.29) is 12.5 Å². The molecule has 4 heterocycles. The van der Waals surface area contributed by atoms with Crippen LogP contribution in [0.1, 0.15) is 23.3 Å². The molecule has 118 valence electrons. The van der Waals surface area contributed by atoms with Crippen LogP contribution in [-0.4, -0.2) is 32.6 Å². The number of aromatic amines is 1. The average molecular weight is 330 g/mol. The third-order valence-electron chi connectivity index (χ3n) is 3.63. The van der Waals surface area contributed by atoms with Crippen molar-refractivity contribution in [2.75, 3.05) is 6.54 Å². The highest BCUT2D eigenvalue weighted by Gasteiger charge is 2.28. The third kappa shape index (κ3) is 2.76. The van der Waals surface area contributed by atoms with Crippen LogP contribution in [0.3, 0.4) is 0 Å². The summed E-state index contributed by atoms with van der Waals surface area (Å²) >= 11 is 1.52. The average Bonchev–Trinajstić information content (AvgIpc) is 3.32. The maximum atomic E-state index is 12.4. The van der Waals surface area contributed by atoms with Crippen molar-refractivity contribution in [3.05, 3.63) is 41.1 Å². The van der Waals surface area contributed by atoms with Gasteiger partial charge < -0.3 is 20.1 Å². The van der Waals surface area contributed by atoms with Crippen molar-refractivity contribution in [2.45, 2.75) is 19.0 Å². The minimum atomic E-state index is -0.450. The van der Waals surface area contributed by atoms with E-state index in [0.29, 0.717) is 11.7 Å². The Kier molecular flexibility index (Phi) is 3.64. The van der Waals surface area contributed by atoms with Gasteiger partial charge in [-0.3, -0.25) is 4.79 Å². The fourth-order valence-corrected chi connectivity index (χ4v) is 3.17. The quantitative estimate of drug-likeness (QED) is 0.659. The maximum Gasteiger partial charge on any atom is 0.268 e. The molecule has 0 fully saturated rings. The van der Waals surface area contributed by atoms with E-state index in [1.165, 1.54) is 11.3 Å². The molecule has 0 saturated carbocycles. The molecule has 23 heavy (non-hydrogen) atoms. The SMILES string of the molecule is O=C(NCc1noc(-c2cccs2)n1)C1NCCc2[nH]cnc21. The molecule has 1 aliphatic heterocycles. The van der Waals surface area contributed by atoms with Crippen LogP contribution < -0.4 is 10.6 Å². The first kappa shape index (κ1) is 14.1. The summed E-state index contributed by atoms with van der Waals surface area (Å²) in [6, 6.07) is 3.38. The minimum absolute atomic E-state index is 0.152. The number of carbonyl (C=O) groups excluding carboxylic acids is 1. The summed E-state index contributed by atoms with van der Waals surface area (Å²) in [6.07, 6.45) is 2.46. The van der Waals surface area contributed by atoms with Gasteiger partial charge in [-0.2, -0.15) is 4.98 Å². The predicted molar refractivity (Wildman–Crippen MR) is 82.5 cm³/mol. The van der Waals surface area contributed by atoms with Gasteiger partial charge in [0.15, 0.2) is 5.82 Å². The number of rotatable bonds is 4. The third-order valence-corrected chi connectivity index (χ3v) is 4.49. The Bertz CT molecular complexity index is 809. The van der Waals surface area contributed by atoms with Crippen LogP contribution >= 0.6 is 11.3 Å².